The molecule has 0 aliphatic carbocycles. The number of fused-ring (bicyclic) bond motifs is 1. The standard InChI is InChI=1S/C25H27NO5S/c1-4-8-24(27)26(32(29,30)19-14-12-18(3)13-15-19)22-16-17-23(31-25(28)9-5-2)21-11-7-6-10-20(21)22/h6-7,10-17H,4-5,8-9H2,1-3H3. The van der Waals surface area contributed by atoms with Crippen molar-refractivity contribution in [2.45, 2.75) is 51.3 Å². The van der Waals surface area contributed by atoms with Crippen LogP contribution in [0.5, 0.6) is 5.75 Å². The van der Waals surface area contributed by atoms with Crippen LogP contribution in [0.25, 0.3) is 10.8 Å². The molecule has 3 aromatic carbocycles. The maximum atomic E-state index is 13.6. The average molecular weight is 454 g/mol. The number of carbonyl (C=O) groups is 2. The lowest BCUT2D eigenvalue weighted by atomic mass is 10.1. The van der Waals surface area contributed by atoms with Crippen molar-refractivity contribution in [2.75, 3.05) is 4.31 Å². The molecule has 6 nitrogen and oxygen atoms in total. The molecular weight excluding hydrogens is 426 g/mol. The summed E-state index contributed by atoms with van der Waals surface area (Å²) in [5, 5.41) is 1.07. The largest absolute Gasteiger partial charge is 0.426 e. The average Bonchev–Trinajstić information content (AvgIpc) is 2.76. The molecule has 0 aliphatic heterocycles. The van der Waals surface area contributed by atoms with E-state index in [1.54, 1.807) is 42.5 Å². The molecule has 0 radical (unpaired) electrons. The second kappa shape index (κ2) is 9.96. The van der Waals surface area contributed by atoms with Crippen LogP contribution in [0, 0.1) is 6.92 Å². The molecule has 168 valence electrons. The van der Waals surface area contributed by atoms with Crippen LogP contribution in [0.4, 0.5) is 5.69 Å². The molecule has 1 amide bonds. The van der Waals surface area contributed by atoms with Crippen molar-refractivity contribution in [3.63, 3.8) is 0 Å². The highest BCUT2D eigenvalue weighted by Gasteiger charge is 2.32. The fourth-order valence-corrected chi connectivity index (χ4v) is 4.90. The number of amides is 1. The second-order valence-corrected chi connectivity index (χ2v) is 9.37. The summed E-state index contributed by atoms with van der Waals surface area (Å²) in [6.45, 7) is 5.57. The Bertz CT molecular complexity index is 1230. The van der Waals surface area contributed by atoms with E-state index in [2.05, 4.69) is 0 Å². The first-order valence-corrected chi connectivity index (χ1v) is 12.1. The van der Waals surface area contributed by atoms with Crippen molar-refractivity contribution in [2.24, 2.45) is 0 Å². The third-order valence-electron chi connectivity index (χ3n) is 5.01. The van der Waals surface area contributed by atoms with Gasteiger partial charge >= 0.3 is 5.97 Å². The van der Waals surface area contributed by atoms with Gasteiger partial charge in [-0.3, -0.25) is 9.59 Å². The summed E-state index contributed by atoms with van der Waals surface area (Å²) < 4.78 is 33.5. The number of sulfonamides is 1. The maximum Gasteiger partial charge on any atom is 0.311 e. The molecule has 0 aromatic heterocycles. The summed E-state index contributed by atoms with van der Waals surface area (Å²) >= 11 is 0. The summed E-state index contributed by atoms with van der Waals surface area (Å²) in [6.07, 6.45) is 1.51. The van der Waals surface area contributed by atoms with E-state index in [1.807, 2.05) is 20.8 Å². The van der Waals surface area contributed by atoms with Gasteiger partial charge in [-0.25, -0.2) is 12.7 Å². The van der Waals surface area contributed by atoms with Gasteiger partial charge in [0.25, 0.3) is 10.0 Å². The van der Waals surface area contributed by atoms with Gasteiger partial charge in [0.05, 0.1) is 10.6 Å². The minimum atomic E-state index is -4.15. The first-order valence-electron chi connectivity index (χ1n) is 10.7. The lowest BCUT2D eigenvalue weighted by Crippen LogP contribution is -2.37. The van der Waals surface area contributed by atoms with E-state index >= 15 is 0 Å². The minimum absolute atomic E-state index is 0.0371. The van der Waals surface area contributed by atoms with E-state index in [0.29, 0.717) is 29.4 Å². The SMILES string of the molecule is CCCC(=O)Oc1ccc(N(C(=O)CCC)S(=O)(=O)c2ccc(C)cc2)c2ccccc12. The Labute approximate surface area is 188 Å². The van der Waals surface area contributed by atoms with E-state index < -0.39 is 15.9 Å². The molecule has 0 fully saturated rings. The fraction of sp³-hybridized carbons (Fsp3) is 0.280. The Balaban J connectivity index is 2.19. The number of nitrogens with zero attached hydrogens (tertiary/aromatic N) is 1. The number of esters is 1. The van der Waals surface area contributed by atoms with E-state index in [4.69, 9.17) is 4.74 Å². The summed E-state index contributed by atoms with van der Waals surface area (Å²) in [5.41, 5.74) is 1.15. The number of hydrogen-bond acceptors (Lipinski definition) is 5. The highest BCUT2D eigenvalue weighted by Crippen LogP contribution is 2.37. The summed E-state index contributed by atoms with van der Waals surface area (Å²) in [5.74, 6) is -0.552. The van der Waals surface area contributed by atoms with E-state index in [0.717, 1.165) is 9.87 Å². The Morgan fingerprint density at radius 1 is 0.844 bits per heavy atom. The third kappa shape index (κ3) is 4.83. The van der Waals surface area contributed by atoms with Gasteiger partial charge in [0.2, 0.25) is 5.91 Å². The van der Waals surface area contributed by atoms with Crippen molar-refractivity contribution in [1.82, 2.24) is 0 Å². The summed E-state index contributed by atoms with van der Waals surface area (Å²) in [4.78, 5) is 25.2. The second-order valence-electron chi connectivity index (χ2n) is 7.58. The van der Waals surface area contributed by atoms with Gasteiger partial charge in [-0.05, 0) is 44.0 Å². The van der Waals surface area contributed by atoms with E-state index in [-0.39, 0.29) is 29.4 Å². The molecule has 0 unspecified atom stereocenters. The molecule has 0 atom stereocenters. The zero-order valence-electron chi connectivity index (χ0n) is 18.5. The van der Waals surface area contributed by atoms with E-state index in [1.165, 1.54) is 18.2 Å². The van der Waals surface area contributed by atoms with Gasteiger partial charge in [0.15, 0.2) is 0 Å². The third-order valence-corrected chi connectivity index (χ3v) is 6.76. The molecule has 0 bridgehead atoms. The number of aryl methyl sites for hydroxylation is 1. The molecule has 0 saturated carbocycles. The monoisotopic (exact) mass is 453 g/mol. The van der Waals surface area contributed by atoms with Crippen molar-refractivity contribution in [3.8, 4) is 5.75 Å². The summed E-state index contributed by atoms with van der Waals surface area (Å²) in [7, 11) is -4.15. The van der Waals surface area contributed by atoms with Gasteiger partial charge in [-0.1, -0.05) is 55.8 Å². The number of anilines is 1. The van der Waals surface area contributed by atoms with Crippen LogP contribution < -0.4 is 9.04 Å². The molecular formula is C25H27NO5S. The van der Waals surface area contributed by atoms with Crippen LogP contribution in [0.2, 0.25) is 0 Å². The smallest absolute Gasteiger partial charge is 0.311 e. The molecule has 0 saturated heterocycles. The van der Waals surface area contributed by atoms with Gasteiger partial charge in [0, 0.05) is 23.6 Å². The zero-order valence-corrected chi connectivity index (χ0v) is 19.3. The molecule has 3 aromatic rings. The zero-order chi connectivity index (χ0) is 23.3. The fourth-order valence-electron chi connectivity index (χ4n) is 3.43. The van der Waals surface area contributed by atoms with Crippen molar-refractivity contribution >= 4 is 38.4 Å². The van der Waals surface area contributed by atoms with Crippen molar-refractivity contribution in [1.29, 1.82) is 0 Å². The van der Waals surface area contributed by atoms with Crippen LogP contribution in [-0.4, -0.2) is 20.3 Å². The van der Waals surface area contributed by atoms with Gasteiger partial charge in [0.1, 0.15) is 5.75 Å². The summed E-state index contributed by atoms with van der Waals surface area (Å²) in [6, 6.07) is 16.5. The lowest BCUT2D eigenvalue weighted by Gasteiger charge is -2.24. The van der Waals surface area contributed by atoms with Crippen LogP contribution in [0.15, 0.2) is 65.6 Å². The van der Waals surface area contributed by atoms with Crippen LogP contribution >= 0.6 is 0 Å². The first kappa shape index (κ1) is 23.5. The predicted octanol–water partition coefficient (Wildman–Crippen LogP) is 5.38. The van der Waals surface area contributed by atoms with E-state index in [9.17, 15) is 18.0 Å². The quantitative estimate of drug-likeness (QED) is 0.338. The van der Waals surface area contributed by atoms with Gasteiger partial charge in [-0.2, -0.15) is 0 Å². The van der Waals surface area contributed by atoms with Crippen LogP contribution in [0.1, 0.15) is 45.1 Å². The van der Waals surface area contributed by atoms with Crippen molar-refractivity contribution < 1.29 is 22.7 Å². The van der Waals surface area contributed by atoms with Crippen molar-refractivity contribution in [3.05, 3.63) is 66.2 Å². The minimum Gasteiger partial charge on any atom is -0.426 e. The topological polar surface area (TPSA) is 80.8 Å². The number of benzene rings is 3. The molecule has 0 heterocycles. The van der Waals surface area contributed by atoms with Gasteiger partial charge < -0.3 is 4.74 Å². The Hall–Kier alpha value is -3.19. The Morgan fingerprint density at radius 3 is 2.09 bits per heavy atom. The maximum absolute atomic E-state index is 13.6. The number of ether oxygens (including phenoxy) is 1. The Kier molecular flexibility index (Phi) is 7.30. The highest BCUT2D eigenvalue weighted by atomic mass is 32.2. The number of carbonyl (C=O) groups excluding carboxylic acids is 2. The normalized spacial score (nSPS) is 11.3. The molecule has 0 aliphatic rings. The highest BCUT2D eigenvalue weighted by molar-refractivity contribution is 7.93. The van der Waals surface area contributed by atoms with Crippen LogP contribution in [-0.2, 0) is 19.6 Å². The molecule has 0 N–H and O–H groups in total. The molecule has 32 heavy (non-hydrogen) atoms. The van der Waals surface area contributed by atoms with Crippen LogP contribution in [0.3, 0.4) is 0 Å². The first-order chi connectivity index (χ1) is 15.3. The molecule has 7 heteroatoms. The lowest BCUT2D eigenvalue weighted by molar-refractivity contribution is -0.134. The number of rotatable bonds is 8. The molecule has 3 rings (SSSR count). The number of hydrogen-bond donors (Lipinski definition) is 0. The Morgan fingerprint density at radius 2 is 1.47 bits per heavy atom. The predicted molar refractivity (Wildman–Crippen MR) is 125 cm³/mol. The van der Waals surface area contributed by atoms with Gasteiger partial charge in [-0.15, -0.1) is 0 Å². The molecule has 0 spiro atoms.